The fourth-order valence-electron chi connectivity index (χ4n) is 1.83. The summed E-state index contributed by atoms with van der Waals surface area (Å²) in [6.45, 7) is 7.04. The van der Waals surface area contributed by atoms with Gasteiger partial charge in [-0.3, -0.25) is 4.79 Å². The molecule has 17 heavy (non-hydrogen) atoms. The molecule has 102 valence electrons. The molecular weight excluding hydrogens is 240 g/mol. The number of methoxy groups -OCH3 is 1. The first-order valence-corrected chi connectivity index (χ1v) is 6.07. The van der Waals surface area contributed by atoms with Crippen LogP contribution >= 0.6 is 12.4 Å². The van der Waals surface area contributed by atoms with Crippen LogP contribution < -0.4 is 10.6 Å². The topological polar surface area (TPSA) is 50.4 Å². The maximum Gasteiger partial charge on any atom is 0.233 e. The van der Waals surface area contributed by atoms with Crippen LogP contribution in [0.25, 0.3) is 0 Å². The van der Waals surface area contributed by atoms with Crippen LogP contribution in [0.15, 0.2) is 0 Å². The summed E-state index contributed by atoms with van der Waals surface area (Å²) < 4.78 is 4.89. The minimum atomic E-state index is 0. The van der Waals surface area contributed by atoms with Gasteiger partial charge in [-0.2, -0.15) is 0 Å². The number of ether oxygens (including phenoxy) is 1. The summed E-state index contributed by atoms with van der Waals surface area (Å²) in [5.41, 5.74) is 0.391. The lowest BCUT2D eigenvalue weighted by Gasteiger charge is -2.20. The molecule has 0 aromatic rings. The van der Waals surface area contributed by atoms with Gasteiger partial charge in [0.25, 0.3) is 0 Å². The Morgan fingerprint density at radius 3 is 2.53 bits per heavy atom. The van der Waals surface area contributed by atoms with E-state index in [2.05, 4.69) is 24.5 Å². The minimum Gasteiger partial charge on any atom is -0.383 e. The second kappa shape index (κ2) is 7.90. The average molecular weight is 265 g/mol. The maximum atomic E-state index is 11.5. The third-order valence-electron chi connectivity index (χ3n) is 3.52. The molecule has 0 aromatic carbocycles. The number of carbonyl (C=O) groups excluding carboxylic acids is 1. The van der Waals surface area contributed by atoms with E-state index in [9.17, 15) is 4.79 Å². The van der Waals surface area contributed by atoms with Gasteiger partial charge in [0.1, 0.15) is 0 Å². The number of halogens is 1. The Labute approximate surface area is 110 Å². The van der Waals surface area contributed by atoms with Crippen LogP contribution in [-0.4, -0.2) is 39.3 Å². The number of hydrogen-bond acceptors (Lipinski definition) is 3. The third kappa shape index (κ3) is 5.70. The largest absolute Gasteiger partial charge is 0.383 e. The zero-order valence-electron chi connectivity index (χ0n) is 11.0. The number of carbonyl (C=O) groups is 1. The Morgan fingerprint density at radius 1 is 1.41 bits per heavy atom. The lowest BCUT2D eigenvalue weighted by molar-refractivity contribution is -0.120. The second-order valence-corrected chi connectivity index (χ2v) is 4.96. The summed E-state index contributed by atoms with van der Waals surface area (Å²) in [6, 6.07) is 0. The van der Waals surface area contributed by atoms with Crippen LogP contribution in [0.5, 0.6) is 0 Å². The molecule has 1 fully saturated rings. The molecule has 0 saturated heterocycles. The fraction of sp³-hybridized carbons (Fsp3) is 0.917. The highest BCUT2D eigenvalue weighted by Crippen LogP contribution is 2.51. The molecule has 0 aromatic heterocycles. The van der Waals surface area contributed by atoms with Gasteiger partial charge in [0.2, 0.25) is 5.91 Å². The van der Waals surface area contributed by atoms with Crippen LogP contribution in [0.1, 0.15) is 26.7 Å². The van der Waals surface area contributed by atoms with Crippen molar-refractivity contribution >= 4 is 18.3 Å². The van der Waals surface area contributed by atoms with Gasteiger partial charge in [-0.1, -0.05) is 13.8 Å². The Bertz CT molecular complexity index is 231. The standard InChI is InChI=1S/C12H24N2O2.ClH/c1-10(2)12(4-5-12)9-14-11(15)8-13-6-7-16-3;/h10,13H,4-9H2,1-3H3,(H,14,15);1H. The van der Waals surface area contributed by atoms with E-state index in [4.69, 9.17) is 4.74 Å². The Balaban J connectivity index is 0.00000256. The van der Waals surface area contributed by atoms with E-state index >= 15 is 0 Å². The predicted octanol–water partition coefficient (Wildman–Crippen LogP) is 1.20. The van der Waals surface area contributed by atoms with Gasteiger partial charge in [-0.15, -0.1) is 12.4 Å². The van der Waals surface area contributed by atoms with Crippen LogP contribution in [0.4, 0.5) is 0 Å². The van der Waals surface area contributed by atoms with Gasteiger partial charge < -0.3 is 15.4 Å². The number of rotatable bonds is 8. The van der Waals surface area contributed by atoms with E-state index in [0.29, 0.717) is 24.5 Å². The van der Waals surface area contributed by atoms with Crippen molar-refractivity contribution in [1.82, 2.24) is 10.6 Å². The first kappa shape index (κ1) is 16.7. The molecule has 1 saturated carbocycles. The molecule has 0 heterocycles. The highest BCUT2D eigenvalue weighted by Gasteiger charge is 2.45. The first-order valence-electron chi connectivity index (χ1n) is 6.07. The molecule has 1 aliphatic rings. The molecule has 2 N–H and O–H groups in total. The minimum absolute atomic E-state index is 0. The van der Waals surface area contributed by atoms with Crippen molar-refractivity contribution in [3.8, 4) is 0 Å². The van der Waals surface area contributed by atoms with Crippen molar-refractivity contribution in [2.24, 2.45) is 11.3 Å². The van der Waals surface area contributed by atoms with Crippen molar-refractivity contribution in [2.45, 2.75) is 26.7 Å². The van der Waals surface area contributed by atoms with Gasteiger partial charge in [0.15, 0.2) is 0 Å². The predicted molar refractivity (Wildman–Crippen MR) is 71.5 cm³/mol. The lowest BCUT2D eigenvalue weighted by atomic mass is 9.92. The summed E-state index contributed by atoms with van der Waals surface area (Å²) in [5, 5.41) is 6.04. The maximum absolute atomic E-state index is 11.5. The smallest absolute Gasteiger partial charge is 0.233 e. The number of amides is 1. The van der Waals surface area contributed by atoms with Crippen LogP contribution in [0, 0.1) is 11.3 Å². The summed E-state index contributed by atoms with van der Waals surface area (Å²) in [6.07, 6.45) is 2.50. The summed E-state index contributed by atoms with van der Waals surface area (Å²) >= 11 is 0. The molecule has 1 aliphatic carbocycles. The van der Waals surface area contributed by atoms with Crippen LogP contribution in [0.2, 0.25) is 0 Å². The van der Waals surface area contributed by atoms with Crippen molar-refractivity contribution < 1.29 is 9.53 Å². The second-order valence-electron chi connectivity index (χ2n) is 4.96. The molecule has 0 unspecified atom stereocenters. The van der Waals surface area contributed by atoms with Gasteiger partial charge in [0, 0.05) is 20.2 Å². The van der Waals surface area contributed by atoms with Crippen LogP contribution in [-0.2, 0) is 9.53 Å². The Kier molecular flexibility index (Phi) is 7.75. The van der Waals surface area contributed by atoms with E-state index in [0.717, 1.165) is 13.1 Å². The first-order chi connectivity index (χ1) is 7.60. The van der Waals surface area contributed by atoms with Crippen molar-refractivity contribution in [3.05, 3.63) is 0 Å². The van der Waals surface area contributed by atoms with Crippen molar-refractivity contribution in [1.29, 1.82) is 0 Å². The summed E-state index contributed by atoms with van der Waals surface area (Å²) in [4.78, 5) is 11.5. The molecular formula is C12H25ClN2O2. The average Bonchev–Trinajstić information content (AvgIpc) is 3.03. The zero-order valence-corrected chi connectivity index (χ0v) is 11.9. The number of hydrogen-bond donors (Lipinski definition) is 2. The third-order valence-corrected chi connectivity index (χ3v) is 3.52. The SMILES string of the molecule is COCCNCC(=O)NCC1(C(C)C)CC1.Cl. The lowest BCUT2D eigenvalue weighted by Crippen LogP contribution is -2.39. The van der Waals surface area contributed by atoms with Gasteiger partial charge >= 0.3 is 0 Å². The number of nitrogens with one attached hydrogen (secondary N) is 2. The molecule has 0 radical (unpaired) electrons. The van der Waals surface area contributed by atoms with Crippen LogP contribution in [0.3, 0.4) is 0 Å². The summed E-state index contributed by atoms with van der Waals surface area (Å²) in [5.74, 6) is 0.747. The quantitative estimate of drug-likeness (QED) is 0.648. The normalized spacial score (nSPS) is 16.5. The molecule has 0 spiro atoms. The molecule has 4 nitrogen and oxygen atoms in total. The van der Waals surface area contributed by atoms with Gasteiger partial charge in [-0.05, 0) is 24.2 Å². The van der Waals surface area contributed by atoms with E-state index in [1.807, 2.05) is 0 Å². The van der Waals surface area contributed by atoms with E-state index in [1.54, 1.807) is 7.11 Å². The highest BCUT2D eigenvalue weighted by atomic mass is 35.5. The Hall–Kier alpha value is -0.320. The Morgan fingerprint density at radius 2 is 2.06 bits per heavy atom. The highest BCUT2D eigenvalue weighted by molar-refractivity contribution is 5.85. The van der Waals surface area contributed by atoms with Gasteiger partial charge in [0.05, 0.1) is 13.2 Å². The van der Waals surface area contributed by atoms with Crippen molar-refractivity contribution in [2.75, 3.05) is 33.4 Å². The zero-order chi connectivity index (χ0) is 12.0. The molecule has 1 rings (SSSR count). The molecule has 5 heteroatoms. The van der Waals surface area contributed by atoms with Gasteiger partial charge in [-0.25, -0.2) is 0 Å². The molecule has 0 atom stereocenters. The molecule has 1 amide bonds. The van der Waals surface area contributed by atoms with E-state index < -0.39 is 0 Å². The van der Waals surface area contributed by atoms with Crippen molar-refractivity contribution in [3.63, 3.8) is 0 Å². The summed E-state index contributed by atoms with van der Waals surface area (Å²) in [7, 11) is 1.65. The fourth-order valence-corrected chi connectivity index (χ4v) is 1.83. The van der Waals surface area contributed by atoms with E-state index in [-0.39, 0.29) is 18.3 Å². The molecule has 0 bridgehead atoms. The molecule has 0 aliphatic heterocycles. The van der Waals surface area contributed by atoms with E-state index in [1.165, 1.54) is 12.8 Å². The monoisotopic (exact) mass is 264 g/mol.